The van der Waals surface area contributed by atoms with Crippen LogP contribution in [0.15, 0.2) is 22.3 Å². The van der Waals surface area contributed by atoms with E-state index in [1.165, 1.54) is 4.88 Å². The predicted octanol–water partition coefficient (Wildman–Crippen LogP) is 3.11. The summed E-state index contributed by atoms with van der Waals surface area (Å²) in [6, 6.07) is 1.92. The maximum atomic E-state index is 12.4. The molecule has 3 rings (SSSR count). The first-order valence-corrected chi connectivity index (χ1v) is 9.34. The van der Waals surface area contributed by atoms with Crippen LogP contribution in [0.1, 0.15) is 27.3 Å². The Labute approximate surface area is 139 Å². The summed E-state index contributed by atoms with van der Waals surface area (Å²) in [7, 11) is 2.16. The Kier molecular flexibility index (Phi) is 4.90. The number of rotatable bonds is 5. The van der Waals surface area contributed by atoms with E-state index in [4.69, 9.17) is 0 Å². The molecule has 118 valence electrons. The van der Waals surface area contributed by atoms with Gasteiger partial charge in [0, 0.05) is 36.4 Å². The second-order valence-electron chi connectivity index (χ2n) is 5.98. The number of amides is 1. The Morgan fingerprint density at radius 1 is 1.55 bits per heavy atom. The van der Waals surface area contributed by atoms with Crippen molar-refractivity contribution in [1.29, 1.82) is 0 Å². The molecular formula is C16H21N3OS2. The molecule has 1 fully saturated rings. The fraction of sp³-hybridized carbons (Fsp3) is 0.500. The Morgan fingerprint density at radius 3 is 3.09 bits per heavy atom. The third-order valence-electron chi connectivity index (χ3n) is 4.17. The van der Waals surface area contributed by atoms with Gasteiger partial charge in [0.05, 0.1) is 16.8 Å². The van der Waals surface area contributed by atoms with Crippen LogP contribution in [-0.2, 0) is 6.54 Å². The largest absolute Gasteiger partial charge is 0.338 e. The summed E-state index contributed by atoms with van der Waals surface area (Å²) in [5.74, 6) is 0.755. The number of likely N-dealkylation sites (tertiary alicyclic amines) is 1. The van der Waals surface area contributed by atoms with E-state index in [-0.39, 0.29) is 5.91 Å². The van der Waals surface area contributed by atoms with Gasteiger partial charge < -0.3 is 9.80 Å². The van der Waals surface area contributed by atoms with E-state index < -0.39 is 0 Å². The highest BCUT2D eigenvalue weighted by atomic mass is 32.1. The zero-order valence-electron chi connectivity index (χ0n) is 13.0. The number of thiophene rings is 1. The molecule has 1 aliphatic rings. The lowest BCUT2D eigenvalue weighted by Gasteiger charge is -2.21. The van der Waals surface area contributed by atoms with Gasteiger partial charge in [-0.25, -0.2) is 4.98 Å². The smallest absolute Gasteiger partial charge is 0.254 e. The summed E-state index contributed by atoms with van der Waals surface area (Å²) in [5.41, 5.74) is 3.88. The van der Waals surface area contributed by atoms with Crippen LogP contribution < -0.4 is 0 Å². The Balaban J connectivity index is 1.50. The molecular weight excluding hydrogens is 314 g/mol. The van der Waals surface area contributed by atoms with Crippen LogP contribution in [0.4, 0.5) is 0 Å². The minimum absolute atomic E-state index is 0.185. The van der Waals surface area contributed by atoms with Gasteiger partial charge in [-0.05, 0) is 37.8 Å². The van der Waals surface area contributed by atoms with Gasteiger partial charge in [-0.15, -0.1) is 11.3 Å². The highest BCUT2D eigenvalue weighted by Crippen LogP contribution is 2.22. The van der Waals surface area contributed by atoms with Gasteiger partial charge in [-0.3, -0.25) is 4.79 Å². The monoisotopic (exact) mass is 335 g/mol. The SMILES string of the molecule is Cc1ncsc1CN(C)CC1CCN(C(=O)c2ccsc2)C1. The zero-order valence-corrected chi connectivity index (χ0v) is 14.6. The van der Waals surface area contributed by atoms with E-state index in [9.17, 15) is 4.79 Å². The molecule has 0 aromatic carbocycles. The van der Waals surface area contributed by atoms with Gasteiger partial charge in [0.15, 0.2) is 0 Å². The van der Waals surface area contributed by atoms with Crippen molar-refractivity contribution in [2.75, 3.05) is 26.7 Å². The molecule has 22 heavy (non-hydrogen) atoms. The normalized spacial score (nSPS) is 18.3. The molecule has 0 aliphatic carbocycles. The standard InChI is InChI=1S/C16H21N3OS2/c1-12-15(22-11-17-12)9-18(2)7-13-3-5-19(8-13)16(20)14-4-6-21-10-14/h4,6,10-11,13H,3,5,7-9H2,1-2H3. The van der Waals surface area contributed by atoms with Gasteiger partial charge in [-0.1, -0.05) is 0 Å². The Bertz CT molecular complexity index is 623. The molecule has 0 N–H and O–H groups in total. The summed E-state index contributed by atoms with van der Waals surface area (Å²) >= 11 is 3.30. The molecule has 0 spiro atoms. The maximum absolute atomic E-state index is 12.4. The first kappa shape index (κ1) is 15.6. The lowest BCUT2D eigenvalue weighted by atomic mass is 10.1. The molecule has 0 bridgehead atoms. The third-order valence-corrected chi connectivity index (χ3v) is 5.77. The summed E-state index contributed by atoms with van der Waals surface area (Å²) in [4.78, 5) is 22.3. The van der Waals surface area contributed by atoms with Crippen molar-refractivity contribution in [3.8, 4) is 0 Å². The van der Waals surface area contributed by atoms with Crippen LogP contribution >= 0.6 is 22.7 Å². The predicted molar refractivity (Wildman–Crippen MR) is 91.5 cm³/mol. The summed E-state index contributed by atoms with van der Waals surface area (Å²) in [5, 5.41) is 3.90. The van der Waals surface area contributed by atoms with Gasteiger partial charge in [-0.2, -0.15) is 11.3 Å². The number of carbonyl (C=O) groups excluding carboxylic acids is 1. The quantitative estimate of drug-likeness (QED) is 0.842. The topological polar surface area (TPSA) is 36.4 Å². The highest BCUT2D eigenvalue weighted by Gasteiger charge is 2.27. The Morgan fingerprint density at radius 2 is 2.41 bits per heavy atom. The lowest BCUT2D eigenvalue weighted by molar-refractivity contribution is 0.0784. The molecule has 4 nitrogen and oxygen atoms in total. The van der Waals surface area contributed by atoms with E-state index >= 15 is 0 Å². The molecule has 1 unspecified atom stereocenters. The van der Waals surface area contributed by atoms with Gasteiger partial charge in [0.25, 0.3) is 5.91 Å². The second-order valence-corrected chi connectivity index (χ2v) is 7.69. The van der Waals surface area contributed by atoms with Crippen molar-refractivity contribution in [1.82, 2.24) is 14.8 Å². The van der Waals surface area contributed by atoms with Crippen LogP contribution in [0.25, 0.3) is 0 Å². The summed E-state index contributed by atoms with van der Waals surface area (Å²) < 4.78 is 0. The van der Waals surface area contributed by atoms with E-state index in [1.807, 2.05) is 27.2 Å². The molecule has 0 saturated carbocycles. The zero-order chi connectivity index (χ0) is 15.5. The third kappa shape index (κ3) is 3.56. The van der Waals surface area contributed by atoms with Crippen molar-refractivity contribution >= 4 is 28.6 Å². The molecule has 0 radical (unpaired) electrons. The minimum atomic E-state index is 0.185. The number of hydrogen-bond donors (Lipinski definition) is 0. The van der Waals surface area contributed by atoms with Crippen molar-refractivity contribution in [3.63, 3.8) is 0 Å². The molecule has 3 heterocycles. The molecule has 2 aromatic heterocycles. The van der Waals surface area contributed by atoms with Gasteiger partial charge >= 0.3 is 0 Å². The lowest BCUT2D eigenvalue weighted by Crippen LogP contribution is -2.31. The van der Waals surface area contributed by atoms with Crippen LogP contribution in [0, 0.1) is 12.8 Å². The highest BCUT2D eigenvalue weighted by molar-refractivity contribution is 7.09. The summed E-state index contributed by atoms with van der Waals surface area (Å²) in [6.07, 6.45) is 1.10. The number of carbonyl (C=O) groups is 1. The van der Waals surface area contributed by atoms with Crippen molar-refractivity contribution in [2.45, 2.75) is 19.9 Å². The molecule has 1 atom stereocenters. The first-order valence-electron chi connectivity index (χ1n) is 7.52. The molecule has 1 amide bonds. The number of aromatic nitrogens is 1. The van der Waals surface area contributed by atoms with Crippen LogP contribution in [0.2, 0.25) is 0 Å². The number of nitrogens with zero attached hydrogens (tertiary/aromatic N) is 3. The van der Waals surface area contributed by atoms with Crippen LogP contribution in [0.5, 0.6) is 0 Å². The van der Waals surface area contributed by atoms with E-state index in [1.54, 1.807) is 22.7 Å². The van der Waals surface area contributed by atoms with Gasteiger partial charge in [0.1, 0.15) is 0 Å². The van der Waals surface area contributed by atoms with Crippen molar-refractivity contribution < 1.29 is 4.79 Å². The minimum Gasteiger partial charge on any atom is -0.338 e. The fourth-order valence-electron chi connectivity index (χ4n) is 2.96. The van der Waals surface area contributed by atoms with Crippen LogP contribution in [-0.4, -0.2) is 47.4 Å². The first-order chi connectivity index (χ1) is 10.6. The number of hydrogen-bond acceptors (Lipinski definition) is 5. The summed E-state index contributed by atoms with van der Waals surface area (Å²) in [6.45, 7) is 5.81. The number of thiazole rings is 1. The van der Waals surface area contributed by atoms with Crippen LogP contribution in [0.3, 0.4) is 0 Å². The second kappa shape index (κ2) is 6.89. The molecule has 1 aliphatic heterocycles. The van der Waals surface area contributed by atoms with E-state index in [0.717, 1.165) is 43.9 Å². The van der Waals surface area contributed by atoms with E-state index in [0.29, 0.717) is 5.92 Å². The average molecular weight is 335 g/mol. The van der Waals surface area contributed by atoms with Crippen molar-refractivity contribution in [3.05, 3.63) is 38.5 Å². The average Bonchev–Trinajstić information content (AvgIpc) is 3.21. The Hall–Kier alpha value is -1.24. The molecule has 1 saturated heterocycles. The maximum Gasteiger partial charge on any atom is 0.254 e. The van der Waals surface area contributed by atoms with Crippen molar-refractivity contribution in [2.24, 2.45) is 5.92 Å². The molecule has 2 aromatic rings. The fourth-order valence-corrected chi connectivity index (χ4v) is 4.45. The van der Waals surface area contributed by atoms with Gasteiger partial charge in [0.2, 0.25) is 0 Å². The number of aryl methyl sites for hydroxylation is 1. The van der Waals surface area contributed by atoms with E-state index in [2.05, 4.69) is 23.9 Å². The molecule has 6 heteroatoms.